The highest BCUT2D eigenvalue weighted by Crippen LogP contribution is 2.23. The second-order valence-corrected chi connectivity index (χ2v) is 4.23. The lowest BCUT2D eigenvalue weighted by molar-refractivity contribution is -0.309. The van der Waals surface area contributed by atoms with Crippen LogP contribution in [0.1, 0.15) is 0 Å². The van der Waals surface area contributed by atoms with Crippen LogP contribution in [0.15, 0.2) is 54.6 Å². The lowest BCUT2D eigenvalue weighted by Gasteiger charge is -2.11. The van der Waals surface area contributed by atoms with Crippen LogP contribution in [0, 0.1) is 0 Å². The molecular formula is C15H11N2O3-. The van der Waals surface area contributed by atoms with E-state index in [-0.39, 0.29) is 0 Å². The summed E-state index contributed by atoms with van der Waals surface area (Å²) < 4.78 is 1.43. The van der Waals surface area contributed by atoms with Gasteiger partial charge in [0.2, 0.25) is 0 Å². The van der Waals surface area contributed by atoms with E-state index in [4.69, 9.17) is 4.84 Å². The van der Waals surface area contributed by atoms with E-state index < -0.39 is 12.6 Å². The quantitative estimate of drug-likeness (QED) is 0.704. The topological polar surface area (TPSA) is 67.2 Å². The van der Waals surface area contributed by atoms with Gasteiger partial charge in [0, 0.05) is 5.56 Å². The van der Waals surface area contributed by atoms with Gasteiger partial charge in [-0.05, 0) is 12.1 Å². The molecule has 0 bridgehead atoms. The molecule has 0 spiro atoms. The molecule has 0 fully saturated rings. The van der Waals surface area contributed by atoms with E-state index in [0.717, 1.165) is 11.1 Å². The van der Waals surface area contributed by atoms with E-state index in [1.165, 1.54) is 4.73 Å². The summed E-state index contributed by atoms with van der Waals surface area (Å²) in [7, 11) is 0. The molecule has 0 aliphatic rings. The number of aliphatic carboxylic acids is 1. The number of aromatic nitrogens is 2. The molecule has 5 heteroatoms. The number of carbonyl (C=O) groups excluding carboxylic acids is 1. The fourth-order valence-electron chi connectivity index (χ4n) is 2.02. The summed E-state index contributed by atoms with van der Waals surface area (Å²) in [6.45, 7) is -0.528. The number of imidazole rings is 1. The maximum atomic E-state index is 10.6. The second kappa shape index (κ2) is 5.05. The smallest absolute Gasteiger partial charge is 0.176 e. The summed E-state index contributed by atoms with van der Waals surface area (Å²) >= 11 is 0. The van der Waals surface area contributed by atoms with Crippen molar-refractivity contribution in [3.8, 4) is 11.4 Å². The van der Waals surface area contributed by atoms with E-state index in [2.05, 4.69) is 4.98 Å². The molecule has 0 radical (unpaired) electrons. The molecule has 0 unspecified atom stereocenters. The van der Waals surface area contributed by atoms with Crippen molar-refractivity contribution in [2.75, 3.05) is 6.61 Å². The van der Waals surface area contributed by atoms with Crippen LogP contribution < -0.4 is 9.94 Å². The first kappa shape index (κ1) is 12.2. The van der Waals surface area contributed by atoms with Gasteiger partial charge in [-0.2, -0.15) is 4.73 Å². The van der Waals surface area contributed by atoms with Gasteiger partial charge in [0.1, 0.15) is 5.52 Å². The molecule has 0 aliphatic heterocycles. The van der Waals surface area contributed by atoms with Crippen molar-refractivity contribution < 1.29 is 14.7 Å². The van der Waals surface area contributed by atoms with Crippen molar-refractivity contribution in [3.05, 3.63) is 54.6 Å². The number of para-hydroxylation sites is 2. The Bertz CT molecular complexity index is 750. The Morgan fingerprint density at radius 2 is 1.80 bits per heavy atom. The lowest BCUT2D eigenvalue weighted by atomic mass is 10.2. The Kier molecular flexibility index (Phi) is 3.09. The predicted octanol–water partition coefficient (Wildman–Crippen LogP) is 0.882. The number of fused-ring (bicyclic) bond motifs is 1. The van der Waals surface area contributed by atoms with E-state index >= 15 is 0 Å². The highest BCUT2D eigenvalue weighted by molar-refractivity contribution is 5.80. The Hall–Kier alpha value is -2.82. The van der Waals surface area contributed by atoms with E-state index in [9.17, 15) is 9.90 Å². The maximum absolute atomic E-state index is 10.6. The monoisotopic (exact) mass is 267 g/mol. The highest BCUT2D eigenvalue weighted by atomic mass is 16.7. The normalized spacial score (nSPS) is 10.6. The predicted molar refractivity (Wildman–Crippen MR) is 71.6 cm³/mol. The van der Waals surface area contributed by atoms with Crippen LogP contribution in [0.25, 0.3) is 22.4 Å². The number of carboxylic acids is 1. The number of hydrogen-bond donors (Lipinski definition) is 0. The zero-order chi connectivity index (χ0) is 13.9. The van der Waals surface area contributed by atoms with Gasteiger partial charge in [-0.3, -0.25) is 0 Å². The average Bonchev–Trinajstić information content (AvgIpc) is 2.84. The summed E-state index contributed by atoms with van der Waals surface area (Å²) in [6, 6.07) is 16.8. The van der Waals surface area contributed by atoms with Gasteiger partial charge in [-0.25, -0.2) is 4.98 Å². The fraction of sp³-hybridized carbons (Fsp3) is 0.0667. The highest BCUT2D eigenvalue weighted by Gasteiger charge is 2.13. The van der Waals surface area contributed by atoms with Gasteiger partial charge in [-0.1, -0.05) is 42.5 Å². The molecule has 3 rings (SSSR count). The van der Waals surface area contributed by atoms with Crippen LogP contribution >= 0.6 is 0 Å². The van der Waals surface area contributed by atoms with Crippen molar-refractivity contribution in [1.82, 2.24) is 9.71 Å². The number of hydrogen-bond acceptors (Lipinski definition) is 4. The third-order valence-corrected chi connectivity index (χ3v) is 2.86. The van der Waals surface area contributed by atoms with Crippen molar-refractivity contribution in [2.24, 2.45) is 0 Å². The number of benzene rings is 2. The zero-order valence-corrected chi connectivity index (χ0v) is 10.5. The number of rotatable bonds is 4. The molecule has 0 aliphatic carbocycles. The van der Waals surface area contributed by atoms with Gasteiger partial charge in [0.05, 0.1) is 11.5 Å². The molecule has 20 heavy (non-hydrogen) atoms. The zero-order valence-electron chi connectivity index (χ0n) is 10.5. The van der Waals surface area contributed by atoms with Crippen LogP contribution in [0.5, 0.6) is 0 Å². The molecule has 1 aromatic heterocycles. The van der Waals surface area contributed by atoms with Gasteiger partial charge in [0.15, 0.2) is 12.4 Å². The minimum atomic E-state index is -1.28. The van der Waals surface area contributed by atoms with Crippen molar-refractivity contribution in [3.63, 3.8) is 0 Å². The molecule has 0 N–H and O–H groups in total. The Labute approximate surface area is 115 Å². The van der Waals surface area contributed by atoms with Crippen LogP contribution in [0.4, 0.5) is 0 Å². The second-order valence-electron chi connectivity index (χ2n) is 4.23. The average molecular weight is 267 g/mol. The number of carbonyl (C=O) groups is 1. The molecule has 2 aromatic carbocycles. The van der Waals surface area contributed by atoms with Gasteiger partial charge >= 0.3 is 0 Å². The molecule has 100 valence electrons. The van der Waals surface area contributed by atoms with Gasteiger partial charge in [-0.15, -0.1) is 0 Å². The summed E-state index contributed by atoms with van der Waals surface area (Å²) in [5.74, 6) is -0.713. The number of carboxylic acid groups (broad SMARTS) is 1. The van der Waals surface area contributed by atoms with Gasteiger partial charge < -0.3 is 14.7 Å². The summed E-state index contributed by atoms with van der Waals surface area (Å²) in [6.07, 6.45) is 0. The van der Waals surface area contributed by atoms with Crippen LogP contribution in [0.3, 0.4) is 0 Å². The first-order valence-electron chi connectivity index (χ1n) is 6.12. The molecule has 0 atom stereocenters. The third kappa shape index (κ3) is 2.21. The Morgan fingerprint density at radius 3 is 2.55 bits per heavy atom. The first-order chi connectivity index (χ1) is 9.75. The van der Waals surface area contributed by atoms with Gasteiger partial charge in [0.25, 0.3) is 0 Å². The summed E-state index contributed by atoms with van der Waals surface area (Å²) in [5, 5.41) is 10.6. The minimum Gasteiger partial charge on any atom is -0.546 e. The van der Waals surface area contributed by atoms with E-state index in [1.54, 1.807) is 0 Å². The van der Waals surface area contributed by atoms with Crippen molar-refractivity contribution in [2.45, 2.75) is 0 Å². The van der Waals surface area contributed by atoms with E-state index in [0.29, 0.717) is 11.3 Å². The first-order valence-corrected chi connectivity index (χ1v) is 6.12. The molecule has 5 nitrogen and oxygen atoms in total. The molecule has 0 saturated carbocycles. The van der Waals surface area contributed by atoms with Crippen LogP contribution in [0.2, 0.25) is 0 Å². The fourth-order valence-corrected chi connectivity index (χ4v) is 2.02. The SMILES string of the molecule is O=C([O-])COn1c(-c2ccccc2)nc2ccccc21. The molecule has 3 aromatic rings. The van der Waals surface area contributed by atoms with E-state index in [1.807, 2.05) is 54.6 Å². The molecule has 1 heterocycles. The Morgan fingerprint density at radius 1 is 1.10 bits per heavy atom. The minimum absolute atomic E-state index is 0.528. The summed E-state index contributed by atoms with van der Waals surface area (Å²) in [5.41, 5.74) is 2.30. The summed E-state index contributed by atoms with van der Waals surface area (Å²) in [4.78, 5) is 20.4. The van der Waals surface area contributed by atoms with Crippen molar-refractivity contribution in [1.29, 1.82) is 0 Å². The number of nitrogens with zero attached hydrogens (tertiary/aromatic N) is 2. The standard InChI is InChI=1S/C15H12N2O3/c18-14(19)10-20-17-13-9-5-4-8-12(13)16-15(17)11-6-2-1-3-7-11/h1-9H,10H2,(H,18,19)/p-1. The largest absolute Gasteiger partial charge is 0.546 e. The Balaban J connectivity index is 2.15. The molecule has 0 saturated heterocycles. The van der Waals surface area contributed by atoms with Crippen molar-refractivity contribution >= 4 is 17.0 Å². The van der Waals surface area contributed by atoms with Crippen LogP contribution in [-0.2, 0) is 4.79 Å². The maximum Gasteiger partial charge on any atom is 0.176 e. The molecule has 0 amide bonds. The molecular weight excluding hydrogens is 256 g/mol. The lowest BCUT2D eigenvalue weighted by Crippen LogP contribution is -2.32. The third-order valence-electron chi connectivity index (χ3n) is 2.86. The van der Waals surface area contributed by atoms with Crippen LogP contribution in [-0.4, -0.2) is 22.3 Å².